The van der Waals surface area contributed by atoms with Crippen molar-refractivity contribution in [2.75, 3.05) is 0 Å². The Bertz CT molecular complexity index is 642. The summed E-state index contributed by atoms with van der Waals surface area (Å²) in [6.45, 7) is 0. The highest BCUT2D eigenvalue weighted by Crippen LogP contribution is 2.49. The first-order valence-electron chi connectivity index (χ1n) is 7.21. The van der Waals surface area contributed by atoms with Gasteiger partial charge in [0.25, 0.3) is 0 Å². The number of hydrogen-bond donors (Lipinski definition) is 1. The first kappa shape index (κ1) is 15.5. The lowest BCUT2D eigenvalue weighted by atomic mass is 9.80. The molecule has 0 amide bonds. The maximum Gasteiger partial charge on any atom is 0.250 e. The van der Waals surface area contributed by atoms with Gasteiger partial charge in [-0.25, -0.2) is 13.1 Å². The van der Waals surface area contributed by atoms with Gasteiger partial charge in [-0.1, -0.05) is 24.4 Å². The summed E-state index contributed by atoms with van der Waals surface area (Å²) < 4.78 is 28.5. The van der Waals surface area contributed by atoms with Gasteiger partial charge in [-0.15, -0.1) is 11.3 Å². The van der Waals surface area contributed by atoms with Crippen molar-refractivity contribution in [2.45, 2.75) is 48.8 Å². The number of carbonyl (C=O) groups is 1. The number of nitrogens with one attached hydrogen (secondary N) is 1. The van der Waals surface area contributed by atoms with E-state index >= 15 is 0 Å². The Morgan fingerprint density at radius 3 is 2.76 bits per heavy atom. The molecule has 2 saturated carbocycles. The van der Waals surface area contributed by atoms with E-state index in [1.165, 1.54) is 6.07 Å². The van der Waals surface area contributed by atoms with Crippen molar-refractivity contribution < 1.29 is 13.2 Å². The first-order chi connectivity index (χ1) is 9.97. The Hall–Kier alpha value is -0.430. The van der Waals surface area contributed by atoms with Crippen molar-refractivity contribution in [3.8, 4) is 0 Å². The van der Waals surface area contributed by atoms with E-state index in [2.05, 4.69) is 4.72 Å². The molecule has 2 bridgehead atoms. The lowest BCUT2D eigenvalue weighted by Gasteiger charge is -2.31. The molecule has 4 nitrogen and oxygen atoms in total. The highest BCUT2D eigenvalue weighted by atomic mass is 35.5. The lowest BCUT2D eigenvalue weighted by molar-refractivity contribution is -0.117. The maximum absolute atomic E-state index is 12.5. The fourth-order valence-corrected chi connectivity index (χ4v) is 6.66. The summed E-state index contributed by atoms with van der Waals surface area (Å²) in [5.74, 6) is 0.267. The smallest absolute Gasteiger partial charge is 0.250 e. The molecule has 21 heavy (non-hydrogen) atoms. The van der Waals surface area contributed by atoms with E-state index in [1.54, 1.807) is 6.07 Å². The topological polar surface area (TPSA) is 63.2 Å². The average molecular weight is 348 g/mol. The number of sulfonamides is 1. The molecule has 0 aromatic carbocycles. The van der Waals surface area contributed by atoms with E-state index in [4.69, 9.17) is 11.6 Å². The van der Waals surface area contributed by atoms with Gasteiger partial charge in [0.1, 0.15) is 10.5 Å². The van der Waals surface area contributed by atoms with Gasteiger partial charge in [-0.3, -0.25) is 0 Å². The van der Waals surface area contributed by atoms with Crippen molar-refractivity contribution in [1.29, 1.82) is 0 Å². The highest BCUT2D eigenvalue weighted by molar-refractivity contribution is 7.91. The number of halogens is 1. The van der Waals surface area contributed by atoms with Gasteiger partial charge in [0.2, 0.25) is 10.0 Å². The summed E-state index contributed by atoms with van der Waals surface area (Å²) in [6.07, 6.45) is 6.56. The molecule has 3 rings (SSSR count). The van der Waals surface area contributed by atoms with Gasteiger partial charge in [0.15, 0.2) is 0 Å². The first-order valence-corrected chi connectivity index (χ1v) is 9.89. The molecule has 0 unspecified atom stereocenters. The van der Waals surface area contributed by atoms with Gasteiger partial charge in [0.05, 0.1) is 4.34 Å². The fraction of sp³-hybridized carbons (Fsp3) is 0.643. The molecule has 2 fully saturated rings. The minimum absolute atomic E-state index is 0.220. The van der Waals surface area contributed by atoms with Crippen LogP contribution in [0.1, 0.15) is 38.5 Å². The number of aldehydes is 1. The molecule has 0 saturated heterocycles. The fourth-order valence-electron chi connectivity index (χ4n) is 3.77. The third-order valence-electron chi connectivity index (χ3n) is 4.87. The van der Waals surface area contributed by atoms with Crippen molar-refractivity contribution >= 4 is 39.2 Å². The van der Waals surface area contributed by atoms with Crippen LogP contribution in [0.2, 0.25) is 4.34 Å². The zero-order valence-electron chi connectivity index (χ0n) is 11.5. The van der Waals surface area contributed by atoms with E-state index in [0.29, 0.717) is 4.34 Å². The predicted molar refractivity (Wildman–Crippen MR) is 83.1 cm³/mol. The van der Waals surface area contributed by atoms with E-state index in [1.807, 2.05) is 0 Å². The number of fused-ring (bicyclic) bond motifs is 2. The summed E-state index contributed by atoms with van der Waals surface area (Å²) in [4.78, 5) is 11.7. The Balaban J connectivity index is 1.90. The third-order valence-corrected chi connectivity index (χ3v) is 8.03. The second-order valence-electron chi connectivity index (χ2n) is 6.05. The normalized spacial score (nSPS) is 32.8. The molecule has 2 aliphatic carbocycles. The molecule has 1 N–H and O–H groups in total. The Morgan fingerprint density at radius 2 is 2.10 bits per heavy atom. The minimum Gasteiger partial charge on any atom is -0.303 e. The summed E-state index contributed by atoms with van der Waals surface area (Å²) in [5.41, 5.74) is -0.519. The Labute approximate surface area is 133 Å². The molecule has 7 heteroatoms. The largest absolute Gasteiger partial charge is 0.303 e. The van der Waals surface area contributed by atoms with Crippen molar-refractivity contribution in [3.05, 3.63) is 16.5 Å². The molecule has 3 atom stereocenters. The summed E-state index contributed by atoms with van der Waals surface area (Å²) in [7, 11) is -3.60. The van der Waals surface area contributed by atoms with Crippen LogP contribution < -0.4 is 4.72 Å². The second kappa shape index (κ2) is 5.65. The molecular weight excluding hydrogens is 330 g/mol. The van der Waals surface area contributed by atoms with Crippen LogP contribution in [0.3, 0.4) is 0 Å². The van der Waals surface area contributed by atoms with E-state index in [0.717, 1.165) is 56.1 Å². The van der Waals surface area contributed by atoms with Crippen molar-refractivity contribution in [3.63, 3.8) is 0 Å². The maximum atomic E-state index is 12.5. The molecule has 1 aromatic heterocycles. The zero-order valence-corrected chi connectivity index (χ0v) is 13.9. The monoisotopic (exact) mass is 347 g/mol. The quantitative estimate of drug-likeness (QED) is 0.850. The Morgan fingerprint density at radius 1 is 1.29 bits per heavy atom. The molecule has 0 spiro atoms. The van der Waals surface area contributed by atoms with E-state index in [9.17, 15) is 13.2 Å². The van der Waals surface area contributed by atoms with Crippen LogP contribution in [0.25, 0.3) is 0 Å². The van der Waals surface area contributed by atoms with Crippen LogP contribution in [0, 0.1) is 11.3 Å². The predicted octanol–water partition coefficient (Wildman–Crippen LogP) is 3.22. The Kier molecular flexibility index (Phi) is 4.16. The van der Waals surface area contributed by atoms with Gasteiger partial charge in [0, 0.05) is 11.5 Å². The summed E-state index contributed by atoms with van der Waals surface area (Å²) in [5, 5.41) is 0. The summed E-state index contributed by atoms with van der Waals surface area (Å²) >= 11 is 6.87. The number of hydrogen-bond acceptors (Lipinski definition) is 4. The van der Waals surface area contributed by atoms with Gasteiger partial charge >= 0.3 is 0 Å². The van der Waals surface area contributed by atoms with Gasteiger partial charge in [-0.2, -0.15) is 0 Å². The van der Waals surface area contributed by atoms with Crippen LogP contribution in [0.4, 0.5) is 0 Å². The van der Waals surface area contributed by atoms with Crippen LogP contribution >= 0.6 is 22.9 Å². The molecule has 0 radical (unpaired) electrons. The lowest BCUT2D eigenvalue weighted by Crippen LogP contribution is -2.47. The second-order valence-corrected chi connectivity index (χ2v) is 9.71. The van der Waals surface area contributed by atoms with Crippen LogP contribution in [0.5, 0.6) is 0 Å². The molecular formula is C14H18ClNO3S2. The van der Waals surface area contributed by atoms with Gasteiger partial charge < -0.3 is 4.79 Å². The number of rotatable bonds is 4. The molecule has 1 aromatic rings. The minimum atomic E-state index is -3.60. The van der Waals surface area contributed by atoms with E-state index < -0.39 is 15.4 Å². The summed E-state index contributed by atoms with van der Waals surface area (Å²) in [6, 6.07) is 2.82. The molecule has 0 aliphatic heterocycles. The standard InChI is InChI=1S/C14H18ClNO3S2/c15-11-4-5-12(20-11)21(18,19)16-13-10-3-1-2-7-14(13,9-17)8-6-10/h4-5,9-10,13,16H,1-3,6-8H2/t10-,13+,14+/m0/s1. The number of carbonyl (C=O) groups excluding carboxylic acids is 1. The van der Waals surface area contributed by atoms with Crippen molar-refractivity contribution in [2.24, 2.45) is 11.3 Å². The SMILES string of the molecule is O=C[C@@]12CCCC[C@@H](CC1)[C@H]2NS(=O)(=O)c1ccc(Cl)s1. The third kappa shape index (κ3) is 2.79. The zero-order chi connectivity index (χ0) is 15.1. The number of thiophene rings is 1. The van der Waals surface area contributed by atoms with E-state index in [-0.39, 0.29) is 16.2 Å². The molecule has 116 valence electrons. The van der Waals surface area contributed by atoms with Crippen molar-refractivity contribution in [1.82, 2.24) is 4.72 Å². The van der Waals surface area contributed by atoms with Gasteiger partial charge in [-0.05, 0) is 43.7 Å². The molecule has 2 aliphatic rings. The van der Waals surface area contributed by atoms with Crippen LogP contribution in [-0.4, -0.2) is 20.7 Å². The van der Waals surface area contributed by atoms with Crippen LogP contribution in [0.15, 0.2) is 16.3 Å². The van der Waals surface area contributed by atoms with Crippen LogP contribution in [-0.2, 0) is 14.8 Å². The highest BCUT2D eigenvalue weighted by Gasteiger charge is 2.50. The molecule has 1 heterocycles. The average Bonchev–Trinajstić information content (AvgIpc) is 2.94.